The van der Waals surface area contributed by atoms with Crippen molar-refractivity contribution in [1.29, 1.82) is 0 Å². The van der Waals surface area contributed by atoms with Crippen LogP contribution in [0.1, 0.15) is 6.92 Å². The van der Waals surface area contributed by atoms with E-state index >= 15 is 0 Å². The normalized spacial score (nSPS) is 11.6. The van der Waals surface area contributed by atoms with E-state index in [4.69, 9.17) is 0 Å². The fraction of sp³-hybridized carbons (Fsp3) is 0.333. The molecule has 0 radical (unpaired) electrons. The van der Waals surface area contributed by atoms with Gasteiger partial charge in [0, 0.05) is 24.8 Å². The van der Waals surface area contributed by atoms with E-state index in [9.17, 15) is 4.39 Å². The van der Waals surface area contributed by atoms with Crippen molar-refractivity contribution in [3.8, 4) is 0 Å². The first-order valence-corrected chi connectivity index (χ1v) is 4.83. The SMILES string of the molecule is CC(=Nc1ncc(Br)cc1F)N(C)C. The maximum absolute atomic E-state index is 13.3. The van der Waals surface area contributed by atoms with E-state index in [0.29, 0.717) is 10.3 Å². The zero-order valence-corrected chi connectivity index (χ0v) is 9.84. The molecule has 0 aliphatic rings. The second-order valence-electron chi connectivity index (χ2n) is 3.01. The molecule has 3 nitrogen and oxygen atoms in total. The van der Waals surface area contributed by atoms with Crippen molar-refractivity contribution in [1.82, 2.24) is 9.88 Å². The van der Waals surface area contributed by atoms with E-state index in [1.165, 1.54) is 12.3 Å². The molecule has 0 saturated heterocycles. The van der Waals surface area contributed by atoms with Crippen molar-refractivity contribution in [2.24, 2.45) is 4.99 Å². The fourth-order valence-corrected chi connectivity index (χ4v) is 1.05. The van der Waals surface area contributed by atoms with Crippen molar-refractivity contribution in [2.45, 2.75) is 6.92 Å². The van der Waals surface area contributed by atoms with Gasteiger partial charge in [0.2, 0.25) is 0 Å². The summed E-state index contributed by atoms with van der Waals surface area (Å²) in [7, 11) is 3.69. The molecule has 0 fully saturated rings. The monoisotopic (exact) mass is 259 g/mol. The third-order valence-corrected chi connectivity index (χ3v) is 2.14. The molecule has 1 aromatic rings. The first kappa shape index (κ1) is 11.1. The van der Waals surface area contributed by atoms with E-state index in [0.717, 1.165) is 0 Å². The van der Waals surface area contributed by atoms with Crippen LogP contribution in [-0.2, 0) is 0 Å². The molecule has 0 aliphatic heterocycles. The highest BCUT2D eigenvalue weighted by Crippen LogP contribution is 2.18. The van der Waals surface area contributed by atoms with Crippen LogP contribution in [0, 0.1) is 5.82 Å². The third-order valence-electron chi connectivity index (χ3n) is 1.70. The number of pyridine rings is 1. The van der Waals surface area contributed by atoms with Gasteiger partial charge >= 0.3 is 0 Å². The van der Waals surface area contributed by atoms with Gasteiger partial charge in [-0.05, 0) is 28.9 Å². The summed E-state index contributed by atoms with van der Waals surface area (Å²) in [6.45, 7) is 1.79. The van der Waals surface area contributed by atoms with Crippen LogP contribution in [0.25, 0.3) is 0 Å². The quantitative estimate of drug-likeness (QED) is 0.573. The van der Waals surface area contributed by atoms with E-state index in [2.05, 4.69) is 25.9 Å². The van der Waals surface area contributed by atoms with Crippen LogP contribution in [0.3, 0.4) is 0 Å². The van der Waals surface area contributed by atoms with Gasteiger partial charge < -0.3 is 4.90 Å². The van der Waals surface area contributed by atoms with Crippen molar-refractivity contribution in [2.75, 3.05) is 14.1 Å². The second-order valence-corrected chi connectivity index (χ2v) is 3.93. The Morgan fingerprint density at radius 1 is 1.57 bits per heavy atom. The molecule has 1 heterocycles. The van der Waals surface area contributed by atoms with Crippen LogP contribution in [-0.4, -0.2) is 29.8 Å². The van der Waals surface area contributed by atoms with Gasteiger partial charge in [-0.2, -0.15) is 0 Å². The Hall–Kier alpha value is -0.970. The van der Waals surface area contributed by atoms with Crippen LogP contribution < -0.4 is 0 Å². The number of aliphatic imine (C=N–C) groups is 1. The molecule has 0 aromatic carbocycles. The lowest BCUT2D eigenvalue weighted by Crippen LogP contribution is -2.18. The smallest absolute Gasteiger partial charge is 0.190 e. The van der Waals surface area contributed by atoms with E-state index in [-0.39, 0.29) is 5.82 Å². The molecule has 0 bridgehead atoms. The highest BCUT2D eigenvalue weighted by Gasteiger charge is 2.03. The molecule has 0 aliphatic carbocycles. The van der Waals surface area contributed by atoms with Gasteiger partial charge in [0.1, 0.15) is 5.84 Å². The summed E-state index contributed by atoms with van der Waals surface area (Å²) in [6.07, 6.45) is 1.52. The Labute approximate surface area is 90.8 Å². The van der Waals surface area contributed by atoms with Gasteiger partial charge in [-0.25, -0.2) is 14.4 Å². The molecule has 0 saturated carbocycles. The molecule has 14 heavy (non-hydrogen) atoms. The largest absolute Gasteiger partial charge is 0.366 e. The van der Waals surface area contributed by atoms with Crippen LogP contribution in [0.5, 0.6) is 0 Å². The summed E-state index contributed by atoms with van der Waals surface area (Å²) in [5.74, 6) is 0.388. The van der Waals surface area contributed by atoms with Gasteiger partial charge in [0.25, 0.3) is 0 Å². The van der Waals surface area contributed by atoms with Crippen molar-refractivity contribution in [3.63, 3.8) is 0 Å². The lowest BCUT2D eigenvalue weighted by atomic mass is 10.4. The fourth-order valence-electron chi connectivity index (χ4n) is 0.743. The predicted molar refractivity (Wildman–Crippen MR) is 58.4 cm³/mol. The highest BCUT2D eigenvalue weighted by molar-refractivity contribution is 9.10. The first-order valence-electron chi connectivity index (χ1n) is 4.04. The molecule has 76 valence electrons. The third kappa shape index (κ3) is 2.77. The average Bonchev–Trinajstić information content (AvgIpc) is 2.09. The summed E-state index contributed by atoms with van der Waals surface area (Å²) < 4.78 is 13.9. The lowest BCUT2D eigenvalue weighted by molar-refractivity contribution is 0.608. The van der Waals surface area contributed by atoms with Crippen LogP contribution >= 0.6 is 15.9 Å². The molecule has 5 heteroatoms. The zero-order valence-electron chi connectivity index (χ0n) is 8.25. The number of amidine groups is 1. The second kappa shape index (κ2) is 4.50. The molecular formula is C9H11BrFN3. The van der Waals surface area contributed by atoms with Crippen molar-refractivity contribution in [3.05, 3.63) is 22.6 Å². The minimum absolute atomic E-state index is 0.111. The van der Waals surface area contributed by atoms with Gasteiger partial charge in [-0.15, -0.1) is 0 Å². The molecular weight excluding hydrogens is 249 g/mol. The zero-order chi connectivity index (χ0) is 10.7. The van der Waals surface area contributed by atoms with Crippen LogP contribution in [0.2, 0.25) is 0 Å². The standard InChI is InChI=1S/C9H11BrFN3/c1-6(14(2)3)13-9-8(11)4-7(10)5-12-9/h4-5H,1-3H3. The number of nitrogens with zero attached hydrogens (tertiary/aromatic N) is 3. The van der Waals surface area contributed by atoms with E-state index in [1.54, 1.807) is 11.8 Å². The Kier molecular flexibility index (Phi) is 3.57. The lowest BCUT2D eigenvalue weighted by Gasteiger charge is -2.10. The summed E-state index contributed by atoms with van der Waals surface area (Å²) in [6, 6.07) is 1.34. The molecule has 1 rings (SSSR count). The predicted octanol–water partition coefficient (Wildman–Crippen LogP) is 2.59. The first-order chi connectivity index (χ1) is 6.50. The molecule has 0 unspecified atom stereocenters. The van der Waals surface area contributed by atoms with Gasteiger partial charge in [-0.3, -0.25) is 0 Å². The minimum atomic E-state index is -0.430. The Morgan fingerprint density at radius 2 is 2.21 bits per heavy atom. The van der Waals surface area contributed by atoms with Crippen LogP contribution in [0.4, 0.5) is 10.2 Å². The molecule has 1 aromatic heterocycles. The highest BCUT2D eigenvalue weighted by atomic mass is 79.9. The number of aromatic nitrogens is 1. The Morgan fingerprint density at radius 3 is 2.71 bits per heavy atom. The van der Waals surface area contributed by atoms with E-state index < -0.39 is 5.82 Å². The molecule has 0 amide bonds. The van der Waals surface area contributed by atoms with Crippen LogP contribution in [0.15, 0.2) is 21.7 Å². The summed E-state index contributed by atoms with van der Waals surface area (Å²) in [4.78, 5) is 9.69. The number of hydrogen-bond acceptors (Lipinski definition) is 2. The Balaban J connectivity index is 3.03. The van der Waals surface area contributed by atoms with Crippen molar-refractivity contribution < 1.29 is 4.39 Å². The van der Waals surface area contributed by atoms with Gasteiger partial charge in [0.05, 0.1) is 0 Å². The van der Waals surface area contributed by atoms with E-state index in [1.807, 2.05) is 14.1 Å². The number of rotatable bonds is 1. The minimum Gasteiger partial charge on any atom is -0.366 e. The maximum Gasteiger partial charge on any atom is 0.190 e. The molecule has 0 spiro atoms. The Bertz CT molecular complexity index is 363. The maximum atomic E-state index is 13.3. The summed E-state index contributed by atoms with van der Waals surface area (Å²) in [5, 5.41) is 0. The van der Waals surface area contributed by atoms with Gasteiger partial charge in [-0.1, -0.05) is 0 Å². The average molecular weight is 260 g/mol. The number of halogens is 2. The molecule has 0 N–H and O–H groups in total. The van der Waals surface area contributed by atoms with Gasteiger partial charge in [0.15, 0.2) is 11.6 Å². The molecule has 0 atom stereocenters. The number of hydrogen-bond donors (Lipinski definition) is 0. The summed E-state index contributed by atoms with van der Waals surface area (Å²) >= 11 is 3.13. The topological polar surface area (TPSA) is 28.5 Å². The summed E-state index contributed by atoms with van der Waals surface area (Å²) in [5.41, 5.74) is 0. The van der Waals surface area contributed by atoms with Crippen molar-refractivity contribution >= 4 is 27.6 Å².